The molecule has 1 N–H and O–H groups in total. The Morgan fingerprint density at radius 2 is 2.15 bits per heavy atom. The highest BCUT2D eigenvalue weighted by Crippen LogP contribution is 2.40. The van der Waals surface area contributed by atoms with Crippen LogP contribution in [0.5, 0.6) is 0 Å². The van der Waals surface area contributed by atoms with Crippen molar-refractivity contribution in [3.63, 3.8) is 0 Å². The smallest absolute Gasteiger partial charge is 0.336 e. The van der Waals surface area contributed by atoms with Gasteiger partial charge in [-0.3, -0.25) is 9.59 Å². The van der Waals surface area contributed by atoms with Gasteiger partial charge in [-0.1, -0.05) is 34.8 Å². The first kappa shape index (κ1) is 20.2. The van der Waals surface area contributed by atoms with Crippen molar-refractivity contribution in [2.45, 2.75) is 33.9 Å². The minimum atomic E-state index is -1.72. The van der Waals surface area contributed by atoms with E-state index in [4.69, 9.17) is 39.5 Å². The van der Waals surface area contributed by atoms with Gasteiger partial charge in [-0.15, -0.1) is 16.9 Å². The normalized spacial score (nSPS) is 24.6. The van der Waals surface area contributed by atoms with Gasteiger partial charge in [0.05, 0.1) is 5.57 Å². The summed E-state index contributed by atoms with van der Waals surface area (Å²) in [4.78, 5) is 37.9. The number of fused-ring (bicyclic) bond motifs is 1. The Balaban J connectivity index is 1.60. The standard InChI is InChI=1S/C13H13Cl3N6O4S/c1-6-7(12(25)26-4-13(14,15)16)2-22-10(24)9(11(22)27-6)18-8(23)3-21-5-17-19-20-21/h2,5-6,9,11H,3-4H2,1H3,(H,18,23)/t6?,9?,11-/m1/s1. The molecule has 2 amide bonds. The van der Waals surface area contributed by atoms with Crippen LogP contribution in [0, 0.1) is 0 Å². The number of hydrogen-bond acceptors (Lipinski definition) is 8. The molecule has 0 saturated carbocycles. The molecule has 2 aliphatic rings. The van der Waals surface area contributed by atoms with Crippen LogP contribution in [0.2, 0.25) is 0 Å². The molecule has 1 aromatic rings. The summed E-state index contributed by atoms with van der Waals surface area (Å²) in [5, 5.41) is 12.5. The fourth-order valence-electron chi connectivity index (χ4n) is 2.51. The lowest BCUT2D eigenvalue weighted by molar-refractivity contribution is -0.145. The van der Waals surface area contributed by atoms with E-state index in [1.807, 2.05) is 0 Å². The molecule has 3 heterocycles. The fourth-order valence-corrected chi connectivity index (χ4v) is 4.03. The number of amides is 2. The van der Waals surface area contributed by atoms with Crippen molar-refractivity contribution in [3.05, 3.63) is 18.1 Å². The van der Waals surface area contributed by atoms with Gasteiger partial charge < -0.3 is 15.0 Å². The van der Waals surface area contributed by atoms with E-state index in [9.17, 15) is 14.4 Å². The Bertz CT molecular complexity index is 784. The highest BCUT2D eigenvalue weighted by molar-refractivity contribution is 8.00. The summed E-state index contributed by atoms with van der Waals surface area (Å²) in [6.45, 7) is 1.28. The van der Waals surface area contributed by atoms with E-state index in [1.54, 1.807) is 6.92 Å². The van der Waals surface area contributed by atoms with E-state index in [1.165, 1.54) is 33.9 Å². The number of nitrogens with one attached hydrogen (secondary N) is 1. The summed E-state index contributed by atoms with van der Waals surface area (Å²) in [7, 11) is 0. The number of carbonyl (C=O) groups excluding carboxylic acids is 3. The summed E-state index contributed by atoms with van der Waals surface area (Å²) in [5.41, 5.74) is 0.275. The lowest BCUT2D eigenvalue weighted by Crippen LogP contribution is -2.69. The molecule has 2 aliphatic heterocycles. The molecular formula is C13H13Cl3N6O4S. The Morgan fingerprint density at radius 3 is 2.78 bits per heavy atom. The van der Waals surface area contributed by atoms with Crippen LogP contribution in [0.15, 0.2) is 18.1 Å². The topological polar surface area (TPSA) is 119 Å². The molecule has 1 saturated heterocycles. The highest BCUT2D eigenvalue weighted by atomic mass is 35.6. The van der Waals surface area contributed by atoms with Crippen molar-refractivity contribution in [2.75, 3.05) is 6.61 Å². The van der Waals surface area contributed by atoms with Gasteiger partial charge in [-0.2, -0.15) is 0 Å². The summed E-state index contributed by atoms with van der Waals surface area (Å²) < 4.78 is 4.49. The number of esters is 1. The molecule has 14 heteroatoms. The van der Waals surface area contributed by atoms with Crippen molar-refractivity contribution in [3.8, 4) is 0 Å². The monoisotopic (exact) mass is 454 g/mol. The third-order valence-corrected chi connectivity index (χ3v) is 5.52. The van der Waals surface area contributed by atoms with E-state index in [-0.39, 0.29) is 28.6 Å². The molecule has 0 aliphatic carbocycles. The van der Waals surface area contributed by atoms with E-state index in [2.05, 4.69) is 20.8 Å². The molecule has 0 radical (unpaired) electrons. The number of hydrogen-bond donors (Lipinski definition) is 1. The molecule has 0 aromatic carbocycles. The van der Waals surface area contributed by atoms with Gasteiger partial charge in [0.2, 0.25) is 9.70 Å². The SMILES string of the molecule is CC1S[C@@H]2C(NC(=O)Cn3cnnn3)C(=O)N2C=C1C(=O)OCC(Cl)(Cl)Cl. The van der Waals surface area contributed by atoms with Gasteiger partial charge in [0.15, 0.2) is 0 Å². The van der Waals surface area contributed by atoms with Gasteiger partial charge in [0, 0.05) is 11.4 Å². The highest BCUT2D eigenvalue weighted by Gasteiger charge is 2.51. The summed E-state index contributed by atoms with van der Waals surface area (Å²) >= 11 is 18.0. The van der Waals surface area contributed by atoms with Crippen molar-refractivity contribution < 1.29 is 19.1 Å². The zero-order chi connectivity index (χ0) is 19.8. The maximum absolute atomic E-state index is 12.3. The molecule has 10 nitrogen and oxygen atoms in total. The van der Waals surface area contributed by atoms with Crippen molar-refractivity contribution >= 4 is 64.3 Å². The number of aromatic nitrogens is 4. The molecule has 3 rings (SSSR count). The number of carbonyl (C=O) groups is 3. The van der Waals surface area contributed by atoms with Gasteiger partial charge in [0.1, 0.15) is 30.9 Å². The number of halogens is 3. The molecule has 0 bridgehead atoms. The molecular weight excluding hydrogens is 443 g/mol. The fraction of sp³-hybridized carbons (Fsp3) is 0.538. The van der Waals surface area contributed by atoms with Crippen molar-refractivity contribution in [1.82, 2.24) is 30.4 Å². The number of rotatable bonds is 5. The van der Waals surface area contributed by atoms with E-state index >= 15 is 0 Å². The maximum Gasteiger partial charge on any atom is 0.336 e. The first-order valence-electron chi connectivity index (χ1n) is 7.59. The maximum atomic E-state index is 12.3. The Morgan fingerprint density at radius 1 is 1.41 bits per heavy atom. The van der Waals surface area contributed by atoms with E-state index in [0.717, 1.165) is 0 Å². The molecule has 2 unspecified atom stereocenters. The first-order chi connectivity index (χ1) is 12.7. The van der Waals surface area contributed by atoms with Crippen LogP contribution in [-0.4, -0.2) is 70.0 Å². The summed E-state index contributed by atoms with van der Waals surface area (Å²) in [6.07, 6.45) is 2.71. The number of ether oxygens (including phenoxy) is 1. The quantitative estimate of drug-likeness (QED) is 0.381. The second-order valence-electron chi connectivity index (χ2n) is 5.74. The minimum Gasteiger partial charge on any atom is -0.458 e. The zero-order valence-corrected chi connectivity index (χ0v) is 16.8. The Labute approximate surface area is 172 Å². The van der Waals surface area contributed by atoms with Crippen LogP contribution in [0.25, 0.3) is 0 Å². The van der Waals surface area contributed by atoms with Crippen LogP contribution in [0.1, 0.15) is 6.92 Å². The lowest BCUT2D eigenvalue weighted by Gasteiger charge is -2.48. The van der Waals surface area contributed by atoms with Gasteiger partial charge in [-0.25, -0.2) is 9.48 Å². The minimum absolute atomic E-state index is 0.103. The molecule has 27 heavy (non-hydrogen) atoms. The lowest BCUT2D eigenvalue weighted by atomic mass is 10.1. The number of nitrogens with zero attached hydrogens (tertiary/aromatic N) is 5. The predicted molar refractivity (Wildman–Crippen MR) is 96.8 cm³/mol. The van der Waals surface area contributed by atoms with Crippen LogP contribution in [-0.2, 0) is 25.7 Å². The summed E-state index contributed by atoms with van der Waals surface area (Å²) in [6, 6.07) is -0.698. The molecule has 3 atom stereocenters. The van der Waals surface area contributed by atoms with Crippen LogP contribution < -0.4 is 5.32 Å². The number of thioether (sulfide) groups is 1. The third-order valence-electron chi connectivity index (χ3n) is 3.76. The van der Waals surface area contributed by atoms with Gasteiger partial charge >= 0.3 is 5.97 Å². The Kier molecular flexibility index (Phi) is 5.84. The number of β-lactam (4-membered cyclic amide) rings is 1. The second-order valence-corrected chi connectivity index (χ2v) is 9.72. The second kappa shape index (κ2) is 7.82. The van der Waals surface area contributed by atoms with E-state index < -0.39 is 28.3 Å². The third kappa shape index (κ3) is 4.65. The average molecular weight is 456 g/mol. The number of alkyl halides is 3. The molecule has 146 valence electrons. The van der Waals surface area contributed by atoms with Crippen molar-refractivity contribution in [1.29, 1.82) is 0 Å². The largest absolute Gasteiger partial charge is 0.458 e. The average Bonchev–Trinajstić information content (AvgIpc) is 3.09. The van der Waals surface area contributed by atoms with E-state index in [0.29, 0.717) is 0 Å². The van der Waals surface area contributed by atoms with Gasteiger partial charge in [-0.05, 0) is 17.4 Å². The Hall–Kier alpha value is -1.56. The van der Waals surface area contributed by atoms with Gasteiger partial charge in [0.25, 0.3) is 5.91 Å². The molecule has 1 fully saturated rings. The first-order valence-corrected chi connectivity index (χ1v) is 9.67. The number of tetrazole rings is 1. The molecule has 1 aromatic heterocycles. The molecule has 0 spiro atoms. The van der Waals surface area contributed by atoms with Crippen molar-refractivity contribution in [2.24, 2.45) is 0 Å². The van der Waals surface area contributed by atoms with Crippen LogP contribution >= 0.6 is 46.6 Å². The van der Waals surface area contributed by atoms with Crippen LogP contribution in [0.4, 0.5) is 0 Å². The summed E-state index contributed by atoms with van der Waals surface area (Å²) in [5.74, 6) is -1.40. The zero-order valence-electron chi connectivity index (χ0n) is 13.7. The van der Waals surface area contributed by atoms with Crippen LogP contribution in [0.3, 0.4) is 0 Å². The predicted octanol–water partition coefficient (Wildman–Crippen LogP) is 0.259.